The number of hydrogen-bond acceptors (Lipinski definition) is 5. The standard InChI is InChI=1S/C20H19F3N4O3/c1-11(28)12-4-6-13(7-5-12)24-19(29)15-10-18-25-14(16-3-2-8-30-16)9-17(20(21,22)23)27(18)26-15/h2-8,10-11,14,17,25,28H,9H2,1H3,(H,24,29)/t11-,14-,17+/m0/s1. The van der Waals surface area contributed by atoms with Gasteiger partial charge in [0.15, 0.2) is 11.7 Å². The molecular weight excluding hydrogens is 401 g/mol. The number of alkyl halides is 3. The number of hydrogen-bond donors (Lipinski definition) is 3. The van der Waals surface area contributed by atoms with Crippen LogP contribution >= 0.6 is 0 Å². The number of aliphatic hydroxyl groups is 1. The molecule has 7 nitrogen and oxygen atoms in total. The van der Waals surface area contributed by atoms with Crippen molar-refractivity contribution >= 4 is 17.4 Å². The molecule has 0 saturated carbocycles. The Morgan fingerprint density at radius 1 is 1.33 bits per heavy atom. The lowest BCUT2D eigenvalue weighted by Crippen LogP contribution is -2.35. The summed E-state index contributed by atoms with van der Waals surface area (Å²) >= 11 is 0. The van der Waals surface area contributed by atoms with Gasteiger partial charge in [0.1, 0.15) is 11.6 Å². The fourth-order valence-electron chi connectivity index (χ4n) is 3.40. The van der Waals surface area contributed by atoms with Crippen LogP contribution in [0.1, 0.15) is 53.3 Å². The Labute approximate surface area is 169 Å². The molecule has 4 rings (SSSR count). The van der Waals surface area contributed by atoms with Crippen molar-refractivity contribution in [2.24, 2.45) is 0 Å². The van der Waals surface area contributed by atoms with Crippen LogP contribution in [0.2, 0.25) is 0 Å². The van der Waals surface area contributed by atoms with E-state index in [4.69, 9.17) is 4.42 Å². The molecule has 3 heterocycles. The third-order valence-corrected chi connectivity index (χ3v) is 4.96. The molecule has 3 atom stereocenters. The summed E-state index contributed by atoms with van der Waals surface area (Å²) in [7, 11) is 0. The maximum atomic E-state index is 13.7. The number of rotatable bonds is 4. The highest BCUT2D eigenvalue weighted by molar-refractivity contribution is 6.03. The second-order valence-electron chi connectivity index (χ2n) is 7.12. The number of furan rings is 1. The van der Waals surface area contributed by atoms with E-state index in [0.717, 1.165) is 4.68 Å². The monoisotopic (exact) mass is 420 g/mol. The van der Waals surface area contributed by atoms with Crippen LogP contribution in [0.3, 0.4) is 0 Å². The van der Waals surface area contributed by atoms with Gasteiger partial charge in [-0.15, -0.1) is 0 Å². The van der Waals surface area contributed by atoms with Gasteiger partial charge in [-0.3, -0.25) is 4.79 Å². The van der Waals surface area contributed by atoms with E-state index in [0.29, 0.717) is 17.0 Å². The van der Waals surface area contributed by atoms with Gasteiger partial charge in [-0.2, -0.15) is 18.3 Å². The van der Waals surface area contributed by atoms with Gasteiger partial charge >= 0.3 is 6.18 Å². The molecule has 10 heteroatoms. The second kappa shape index (κ2) is 7.52. The van der Waals surface area contributed by atoms with Gasteiger partial charge in [0.25, 0.3) is 5.91 Å². The van der Waals surface area contributed by atoms with Gasteiger partial charge in [0.2, 0.25) is 0 Å². The smallest absolute Gasteiger partial charge is 0.410 e. The molecule has 0 saturated heterocycles. The Hall–Kier alpha value is -3.27. The van der Waals surface area contributed by atoms with Crippen LogP contribution < -0.4 is 10.6 Å². The summed E-state index contributed by atoms with van der Waals surface area (Å²) in [6, 6.07) is 8.39. The Bertz CT molecular complexity index is 1030. The van der Waals surface area contributed by atoms with Crippen molar-refractivity contribution in [2.45, 2.75) is 37.7 Å². The van der Waals surface area contributed by atoms with Crippen LogP contribution in [0.4, 0.5) is 24.7 Å². The van der Waals surface area contributed by atoms with Crippen LogP contribution in [-0.4, -0.2) is 27.0 Å². The summed E-state index contributed by atoms with van der Waals surface area (Å²) < 4.78 is 47.0. The first-order chi connectivity index (χ1) is 14.2. The average Bonchev–Trinajstić information content (AvgIpc) is 3.36. The number of fused-ring (bicyclic) bond motifs is 1. The highest BCUT2D eigenvalue weighted by Crippen LogP contribution is 2.43. The van der Waals surface area contributed by atoms with Gasteiger partial charge in [-0.1, -0.05) is 12.1 Å². The fraction of sp³-hybridized carbons (Fsp3) is 0.300. The summed E-state index contributed by atoms with van der Waals surface area (Å²) in [5, 5.41) is 19.0. The first-order valence-corrected chi connectivity index (χ1v) is 9.28. The number of anilines is 2. The van der Waals surface area contributed by atoms with Crippen LogP contribution in [0.5, 0.6) is 0 Å². The molecule has 0 aliphatic carbocycles. The van der Waals surface area contributed by atoms with Crippen molar-refractivity contribution in [3.63, 3.8) is 0 Å². The van der Waals surface area contributed by atoms with Crippen LogP contribution in [-0.2, 0) is 0 Å². The third kappa shape index (κ3) is 3.90. The minimum absolute atomic E-state index is 0.0829. The maximum Gasteiger partial charge on any atom is 0.410 e. The van der Waals surface area contributed by atoms with Gasteiger partial charge in [0.05, 0.1) is 18.4 Å². The zero-order valence-corrected chi connectivity index (χ0v) is 15.8. The SMILES string of the molecule is C[C@H](O)c1ccc(NC(=O)c2cc3n(n2)[C@@H](C(F)(F)F)C[C@@H](c2ccco2)N3)cc1. The summed E-state index contributed by atoms with van der Waals surface area (Å²) in [6.45, 7) is 1.61. The van der Waals surface area contributed by atoms with E-state index in [1.54, 1.807) is 43.3 Å². The highest BCUT2D eigenvalue weighted by Gasteiger charge is 2.47. The number of carbonyl (C=O) groups excluding carboxylic acids is 1. The first-order valence-electron chi connectivity index (χ1n) is 9.28. The Morgan fingerprint density at radius 2 is 2.07 bits per heavy atom. The predicted octanol–water partition coefficient (Wildman–Crippen LogP) is 4.44. The number of aliphatic hydroxyl groups excluding tert-OH is 1. The number of amides is 1. The van der Waals surface area contributed by atoms with E-state index in [9.17, 15) is 23.1 Å². The largest absolute Gasteiger partial charge is 0.467 e. The molecule has 1 aromatic carbocycles. The molecule has 0 fully saturated rings. The average molecular weight is 420 g/mol. The molecule has 2 aromatic heterocycles. The highest BCUT2D eigenvalue weighted by atomic mass is 19.4. The normalized spacial score (nSPS) is 19.6. The van der Waals surface area contributed by atoms with Gasteiger partial charge in [0, 0.05) is 18.2 Å². The number of nitrogens with one attached hydrogen (secondary N) is 2. The number of aromatic nitrogens is 2. The lowest BCUT2D eigenvalue weighted by Gasteiger charge is -2.32. The summed E-state index contributed by atoms with van der Waals surface area (Å²) in [5.74, 6) is -0.181. The van der Waals surface area contributed by atoms with E-state index >= 15 is 0 Å². The van der Waals surface area contributed by atoms with Crippen molar-refractivity contribution in [1.82, 2.24) is 9.78 Å². The molecule has 30 heavy (non-hydrogen) atoms. The number of halogens is 3. The first kappa shape index (κ1) is 20.0. The van der Waals surface area contributed by atoms with E-state index in [1.807, 2.05) is 0 Å². The molecule has 0 unspecified atom stereocenters. The molecule has 0 spiro atoms. The van der Waals surface area contributed by atoms with E-state index < -0.39 is 30.3 Å². The molecule has 3 N–H and O–H groups in total. The second-order valence-corrected chi connectivity index (χ2v) is 7.12. The Kier molecular flexibility index (Phi) is 5.02. The van der Waals surface area contributed by atoms with E-state index in [2.05, 4.69) is 15.7 Å². The Morgan fingerprint density at radius 3 is 2.67 bits per heavy atom. The third-order valence-electron chi connectivity index (χ3n) is 4.96. The van der Waals surface area contributed by atoms with Crippen LogP contribution in [0.15, 0.2) is 53.1 Å². The van der Waals surface area contributed by atoms with Crippen molar-refractivity contribution in [3.05, 3.63) is 65.7 Å². The molecule has 158 valence electrons. The molecule has 1 aliphatic heterocycles. The zero-order chi connectivity index (χ0) is 21.5. The van der Waals surface area contributed by atoms with Crippen LogP contribution in [0, 0.1) is 0 Å². The molecule has 3 aromatic rings. The Balaban J connectivity index is 1.59. The van der Waals surface area contributed by atoms with Crippen molar-refractivity contribution in [3.8, 4) is 0 Å². The molecular formula is C20H19F3N4O3. The summed E-state index contributed by atoms with van der Waals surface area (Å²) in [4.78, 5) is 12.6. The molecule has 1 aliphatic rings. The number of benzene rings is 1. The lowest BCUT2D eigenvalue weighted by molar-refractivity contribution is -0.174. The minimum Gasteiger partial charge on any atom is -0.467 e. The van der Waals surface area contributed by atoms with E-state index in [1.165, 1.54) is 12.3 Å². The topological polar surface area (TPSA) is 92.3 Å². The van der Waals surface area contributed by atoms with Crippen molar-refractivity contribution in [1.29, 1.82) is 0 Å². The predicted molar refractivity (Wildman–Crippen MR) is 102 cm³/mol. The maximum absolute atomic E-state index is 13.7. The molecule has 0 radical (unpaired) electrons. The van der Waals surface area contributed by atoms with Gasteiger partial charge < -0.3 is 20.2 Å². The van der Waals surface area contributed by atoms with Crippen molar-refractivity contribution in [2.75, 3.05) is 10.6 Å². The number of carbonyl (C=O) groups is 1. The molecule has 0 bridgehead atoms. The van der Waals surface area contributed by atoms with Gasteiger partial charge in [-0.05, 0) is 36.8 Å². The van der Waals surface area contributed by atoms with Crippen LogP contribution in [0.25, 0.3) is 0 Å². The lowest BCUT2D eigenvalue weighted by atomic mass is 10.0. The summed E-state index contributed by atoms with van der Waals surface area (Å²) in [6.07, 6.45) is -4.11. The fourth-order valence-corrected chi connectivity index (χ4v) is 3.40. The molecule has 1 amide bonds. The number of nitrogens with zero attached hydrogens (tertiary/aromatic N) is 2. The van der Waals surface area contributed by atoms with Crippen molar-refractivity contribution < 1.29 is 27.5 Å². The minimum atomic E-state index is -4.54. The zero-order valence-electron chi connectivity index (χ0n) is 15.8. The summed E-state index contributed by atoms with van der Waals surface area (Å²) in [5.41, 5.74) is 0.960. The van der Waals surface area contributed by atoms with Gasteiger partial charge in [-0.25, -0.2) is 4.68 Å². The quantitative estimate of drug-likeness (QED) is 0.580. The van der Waals surface area contributed by atoms with E-state index in [-0.39, 0.29) is 17.9 Å².